The predicted octanol–water partition coefficient (Wildman–Crippen LogP) is 2.81. The second-order valence-corrected chi connectivity index (χ2v) is 4.86. The molecule has 5 nitrogen and oxygen atoms in total. The van der Waals surface area contributed by atoms with Crippen molar-refractivity contribution in [2.45, 2.75) is 6.61 Å². The molecule has 0 saturated heterocycles. The average Bonchev–Trinajstić information content (AvgIpc) is 2.58. The minimum atomic E-state index is -0.829. The number of methoxy groups -OCH3 is 1. The van der Waals surface area contributed by atoms with Crippen molar-refractivity contribution < 1.29 is 18.7 Å². The normalized spacial score (nSPS) is 10.8. The van der Waals surface area contributed by atoms with Gasteiger partial charge in [0, 0.05) is 11.6 Å². The summed E-state index contributed by atoms with van der Waals surface area (Å²) in [5.74, 6) is -0.265. The maximum Gasteiger partial charge on any atom is 0.259 e. The Morgan fingerprint density at radius 1 is 1.33 bits per heavy atom. The fraction of sp³-hybridized carbons (Fsp3) is 0.111. The number of carbonyl (C=O) groups excluding carboxylic acids is 1. The molecule has 0 bridgehead atoms. The van der Waals surface area contributed by atoms with Crippen LogP contribution in [-0.2, 0) is 11.4 Å². The number of benzene rings is 2. The minimum Gasteiger partial charge on any atom is -0.497 e. The van der Waals surface area contributed by atoms with Crippen LogP contribution >= 0.6 is 0 Å². The molecule has 0 unspecified atom stereocenters. The predicted molar refractivity (Wildman–Crippen MR) is 86.5 cm³/mol. The van der Waals surface area contributed by atoms with Crippen LogP contribution in [0.1, 0.15) is 11.1 Å². The molecule has 1 amide bonds. The van der Waals surface area contributed by atoms with E-state index in [0.29, 0.717) is 22.6 Å². The van der Waals surface area contributed by atoms with E-state index in [1.807, 2.05) is 0 Å². The first-order chi connectivity index (χ1) is 11.5. The van der Waals surface area contributed by atoms with Gasteiger partial charge in [-0.15, -0.1) is 0 Å². The number of primary amides is 1. The van der Waals surface area contributed by atoms with Crippen molar-refractivity contribution in [2.75, 3.05) is 7.11 Å². The summed E-state index contributed by atoms with van der Waals surface area (Å²) in [5.41, 5.74) is 6.08. The number of nitriles is 1. The zero-order chi connectivity index (χ0) is 17.5. The van der Waals surface area contributed by atoms with Crippen molar-refractivity contribution in [3.63, 3.8) is 0 Å². The van der Waals surface area contributed by atoms with E-state index in [4.69, 9.17) is 20.5 Å². The Hall–Kier alpha value is -3.33. The van der Waals surface area contributed by atoms with E-state index in [-0.39, 0.29) is 18.0 Å². The van der Waals surface area contributed by atoms with Gasteiger partial charge in [-0.1, -0.05) is 12.1 Å². The molecule has 0 aromatic heterocycles. The second-order valence-electron chi connectivity index (χ2n) is 4.86. The summed E-state index contributed by atoms with van der Waals surface area (Å²) in [5, 5.41) is 8.96. The molecule has 2 rings (SSSR count). The van der Waals surface area contributed by atoms with E-state index in [9.17, 15) is 9.18 Å². The minimum absolute atomic E-state index is 0.115. The molecule has 0 aliphatic heterocycles. The molecule has 2 N–H and O–H groups in total. The number of nitrogens with two attached hydrogens (primary N) is 1. The van der Waals surface area contributed by atoms with Crippen molar-refractivity contribution in [3.8, 4) is 17.6 Å². The highest BCUT2D eigenvalue weighted by Gasteiger charge is 2.09. The van der Waals surface area contributed by atoms with Crippen LogP contribution in [0.3, 0.4) is 0 Å². The lowest BCUT2D eigenvalue weighted by Gasteiger charge is -2.11. The van der Waals surface area contributed by atoms with E-state index >= 15 is 0 Å². The van der Waals surface area contributed by atoms with Gasteiger partial charge in [0.15, 0.2) is 0 Å². The maximum atomic E-state index is 13.2. The standard InChI is InChI=1S/C18H15FN2O3/c1-23-16-6-5-13(8-14(10-20)18(21)22)17(9-16)24-11-12-3-2-4-15(19)7-12/h2-9H,11H2,1H3,(H2,21,22)/b14-8+. The molecule has 24 heavy (non-hydrogen) atoms. The highest BCUT2D eigenvalue weighted by Crippen LogP contribution is 2.27. The molecular weight excluding hydrogens is 311 g/mol. The summed E-state index contributed by atoms with van der Waals surface area (Å²) in [7, 11) is 1.51. The van der Waals surface area contributed by atoms with Gasteiger partial charge in [-0.25, -0.2) is 4.39 Å². The molecular formula is C18H15FN2O3. The highest BCUT2D eigenvalue weighted by molar-refractivity contribution is 6.00. The molecule has 0 aliphatic rings. The quantitative estimate of drug-likeness (QED) is 0.653. The van der Waals surface area contributed by atoms with Gasteiger partial charge in [0.25, 0.3) is 5.91 Å². The van der Waals surface area contributed by atoms with Gasteiger partial charge >= 0.3 is 0 Å². The number of carbonyl (C=O) groups is 1. The fourth-order valence-electron chi connectivity index (χ4n) is 1.99. The molecule has 2 aromatic carbocycles. The number of hydrogen-bond acceptors (Lipinski definition) is 4. The van der Waals surface area contributed by atoms with Crippen LogP contribution in [0.4, 0.5) is 4.39 Å². The van der Waals surface area contributed by atoms with Crippen LogP contribution < -0.4 is 15.2 Å². The van der Waals surface area contributed by atoms with Crippen LogP contribution in [-0.4, -0.2) is 13.0 Å². The lowest BCUT2D eigenvalue weighted by Crippen LogP contribution is -2.12. The monoisotopic (exact) mass is 326 g/mol. The molecule has 0 saturated carbocycles. The molecule has 122 valence electrons. The molecule has 0 heterocycles. The summed E-state index contributed by atoms with van der Waals surface area (Å²) < 4.78 is 24.1. The maximum absolute atomic E-state index is 13.2. The molecule has 0 aliphatic carbocycles. The van der Waals surface area contributed by atoms with E-state index in [1.54, 1.807) is 36.4 Å². The molecule has 6 heteroatoms. The van der Waals surface area contributed by atoms with E-state index < -0.39 is 5.91 Å². The van der Waals surface area contributed by atoms with Gasteiger partial charge in [0.1, 0.15) is 35.6 Å². The number of ether oxygens (including phenoxy) is 2. The van der Waals surface area contributed by atoms with Gasteiger partial charge in [-0.05, 0) is 35.9 Å². The first-order valence-corrected chi connectivity index (χ1v) is 7.00. The number of rotatable bonds is 6. The average molecular weight is 326 g/mol. The van der Waals surface area contributed by atoms with Gasteiger partial charge in [-0.2, -0.15) is 5.26 Å². The van der Waals surface area contributed by atoms with E-state index in [2.05, 4.69) is 0 Å². The third kappa shape index (κ3) is 4.34. The van der Waals surface area contributed by atoms with Gasteiger partial charge < -0.3 is 15.2 Å². The van der Waals surface area contributed by atoms with Crippen molar-refractivity contribution in [1.29, 1.82) is 5.26 Å². The Morgan fingerprint density at radius 3 is 2.75 bits per heavy atom. The number of hydrogen-bond donors (Lipinski definition) is 1. The SMILES string of the molecule is COc1ccc(/C=C(\C#N)C(N)=O)c(OCc2cccc(F)c2)c1. The smallest absolute Gasteiger partial charge is 0.259 e. The molecule has 2 aromatic rings. The van der Waals surface area contributed by atoms with Crippen LogP contribution in [0.5, 0.6) is 11.5 Å². The van der Waals surface area contributed by atoms with Crippen LogP contribution in [0.2, 0.25) is 0 Å². The largest absolute Gasteiger partial charge is 0.497 e. The van der Waals surface area contributed by atoms with Gasteiger partial charge in [0.2, 0.25) is 0 Å². The highest BCUT2D eigenvalue weighted by atomic mass is 19.1. The summed E-state index contributed by atoms with van der Waals surface area (Å²) in [6, 6.07) is 12.7. The molecule has 0 radical (unpaired) electrons. The Kier molecular flexibility index (Phi) is 5.53. The van der Waals surface area contributed by atoms with Crippen LogP contribution in [0, 0.1) is 17.1 Å². The van der Waals surface area contributed by atoms with Crippen molar-refractivity contribution in [2.24, 2.45) is 5.73 Å². The molecule has 0 spiro atoms. The van der Waals surface area contributed by atoms with Crippen molar-refractivity contribution in [1.82, 2.24) is 0 Å². The topological polar surface area (TPSA) is 85.3 Å². The third-order valence-corrected chi connectivity index (χ3v) is 3.19. The fourth-order valence-corrected chi connectivity index (χ4v) is 1.99. The van der Waals surface area contributed by atoms with Crippen molar-refractivity contribution in [3.05, 3.63) is 65.0 Å². The Bertz CT molecular complexity index is 825. The van der Waals surface area contributed by atoms with Gasteiger partial charge in [0.05, 0.1) is 7.11 Å². The Balaban J connectivity index is 2.32. The summed E-state index contributed by atoms with van der Waals surface area (Å²) in [4.78, 5) is 11.2. The number of amides is 1. The molecule has 0 atom stereocenters. The van der Waals surface area contributed by atoms with Crippen molar-refractivity contribution >= 4 is 12.0 Å². The number of halogens is 1. The van der Waals surface area contributed by atoms with Crippen LogP contribution in [0.25, 0.3) is 6.08 Å². The Labute approximate surface area is 138 Å². The lowest BCUT2D eigenvalue weighted by molar-refractivity contribution is -0.114. The third-order valence-electron chi connectivity index (χ3n) is 3.19. The zero-order valence-corrected chi connectivity index (χ0v) is 13.0. The Morgan fingerprint density at radius 2 is 2.12 bits per heavy atom. The second kappa shape index (κ2) is 7.79. The lowest BCUT2D eigenvalue weighted by atomic mass is 10.1. The molecule has 0 fully saturated rings. The first kappa shape index (κ1) is 17.0. The summed E-state index contributed by atoms with van der Waals surface area (Å²) >= 11 is 0. The summed E-state index contributed by atoms with van der Waals surface area (Å²) in [6.07, 6.45) is 1.34. The summed E-state index contributed by atoms with van der Waals surface area (Å²) in [6.45, 7) is 0.115. The van der Waals surface area contributed by atoms with Crippen LogP contribution in [0.15, 0.2) is 48.0 Å². The van der Waals surface area contributed by atoms with E-state index in [1.165, 1.54) is 25.3 Å². The number of nitrogens with zero attached hydrogens (tertiary/aromatic N) is 1. The van der Waals surface area contributed by atoms with E-state index in [0.717, 1.165) is 0 Å². The van der Waals surface area contributed by atoms with Gasteiger partial charge in [-0.3, -0.25) is 4.79 Å². The zero-order valence-electron chi connectivity index (χ0n) is 13.0. The first-order valence-electron chi connectivity index (χ1n) is 7.00.